The molecule has 5 nitrogen and oxygen atoms in total. The highest BCUT2D eigenvalue weighted by Gasteiger charge is 2.38. The molecule has 0 aromatic carbocycles. The number of unbranched alkanes of at least 4 members (excludes halogenated alkanes) is 1. The number of nitrogens with zero attached hydrogens (tertiary/aromatic N) is 2. The van der Waals surface area contributed by atoms with Gasteiger partial charge in [-0.05, 0) is 30.9 Å². The second-order valence-electron chi connectivity index (χ2n) is 7.26. The molecule has 1 saturated carbocycles. The quantitative estimate of drug-likeness (QED) is 0.836. The standard InChI is InChI=1S/C20H29N3O2/c1-2-3-11-22-19(24)16-8-4-5-9-17(16)20(25)23-13-10-18-15(14-23)7-6-12-21-18/h6-7,12,16-17H,2-5,8-11,13-14H2,1H3,(H,22,24)/t16-,17+/m1/s1. The van der Waals surface area contributed by atoms with E-state index in [1.807, 2.05) is 17.2 Å². The zero-order chi connectivity index (χ0) is 17.6. The number of hydrogen-bond donors (Lipinski definition) is 1. The predicted octanol–water partition coefficient (Wildman–Crippen LogP) is 2.69. The topological polar surface area (TPSA) is 62.3 Å². The molecule has 1 aromatic rings. The van der Waals surface area contributed by atoms with E-state index in [1.54, 1.807) is 0 Å². The van der Waals surface area contributed by atoms with Gasteiger partial charge in [0.05, 0.1) is 0 Å². The van der Waals surface area contributed by atoms with Crippen LogP contribution in [0.3, 0.4) is 0 Å². The molecular formula is C20H29N3O2. The third kappa shape index (κ3) is 4.20. The second kappa shape index (κ2) is 8.45. The normalized spacial score (nSPS) is 23.0. The number of amides is 2. The van der Waals surface area contributed by atoms with Crippen LogP contribution in [0.25, 0.3) is 0 Å². The molecule has 2 amide bonds. The van der Waals surface area contributed by atoms with Crippen LogP contribution in [0.2, 0.25) is 0 Å². The number of rotatable bonds is 5. The highest BCUT2D eigenvalue weighted by molar-refractivity contribution is 5.88. The van der Waals surface area contributed by atoms with Crippen molar-refractivity contribution < 1.29 is 9.59 Å². The number of carbonyl (C=O) groups excluding carboxylic acids is 2. The number of nitrogens with one attached hydrogen (secondary N) is 1. The van der Waals surface area contributed by atoms with Gasteiger partial charge in [0.1, 0.15) is 0 Å². The predicted molar refractivity (Wildman–Crippen MR) is 96.7 cm³/mol. The molecule has 0 spiro atoms. The smallest absolute Gasteiger partial charge is 0.226 e. The van der Waals surface area contributed by atoms with E-state index in [-0.39, 0.29) is 23.7 Å². The Balaban J connectivity index is 1.66. The van der Waals surface area contributed by atoms with Gasteiger partial charge in [-0.3, -0.25) is 14.6 Å². The van der Waals surface area contributed by atoms with Gasteiger partial charge < -0.3 is 10.2 Å². The van der Waals surface area contributed by atoms with Gasteiger partial charge in [0, 0.05) is 49.8 Å². The van der Waals surface area contributed by atoms with E-state index in [2.05, 4.69) is 23.3 Å². The van der Waals surface area contributed by atoms with Gasteiger partial charge in [-0.1, -0.05) is 32.3 Å². The highest BCUT2D eigenvalue weighted by atomic mass is 16.2. The Kier molecular flexibility index (Phi) is 6.05. The fourth-order valence-electron chi connectivity index (χ4n) is 4.05. The summed E-state index contributed by atoms with van der Waals surface area (Å²) in [5, 5.41) is 3.04. The van der Waals surface area contributed by atoms with Gasteiger partial charge >= 0.3 is 0 Å². The maximum Gasteiger partial charge on any atom is 0.226 e. The number of fused-ring (bicyclic) bond motifs is 1. The molecule has 1 N–H and O–H groups in total. The van der Waals surface area contributed by atoms with Gasteiger partial charge in [-0.25, -0.2) is 0 Å². The number of pyridine rings is 1. The molecule has 2 heterocycles. The number of carbonyl (C=O) groups is 2. The van der Waals surface area contributed by atoms with Crippen molar-refractivity contribution in [3.05, 3.63) is 29.6 Å². The van der Waals surface area contributed by atoms with Crippen LogP contribution in [0.15, 0.2) is 18.3 Å². The summed E-state index contributed by atoms with van der Waals surface area (Å²) in [6.07, 6.45) is 8.43. The number of hydrogen-bond acceptors (Lipinski definition) is 3. The van der Waals surface area contributed by atoms with E-state index in [9.17, 15) is 9.59 Å². The summed E-state index contributed by atoms with van der Waals surface area (Å²) in [5.74, 6) is -0.0857. The van der Waals surface area contributed by atoms with Gasteiger partial charge in [0.15, 0.2) is 0 Å². The van der Waals surface area contributed by atoms with Crippen molar-refractivity contribution in [2.45, 2.75) is 58.4 Å². The van der Waals surface area contributed by atoms with Crippen LogP contribution in [-0.2, 0) is 22.6 Å². The van der Waals surface area contributed by atoms with E-state index in [0.29, 0.717) is 13.1 Å². The fraction of sp³-hybridized carbons (Fsp3) is 0.650. The minimum absolute atomic E-state index is 0.0746. The van der Waals surface area contributed by atoms with E-state index < -0.39 is 0 Å². The first-order valence-electron chi connectivity index (χ1n) is 9.70. The summed E-state index contributed by atoms with van der Waals surface area (Å²) < 4.78 is 0. The summed E-state index contributed by atoms with van der Waals surface area (Å²) in [4.78, 5) is 32.1. The van der Waals surface area contributed by atoms with Gasteiger partial charge in [0.25, 0.3) is 0 Å². The minimum Gasteiger partial charge on any atom is -0.356 e. The summed E-state index contributed by atoms with van der Waals surface area (Å²) in [6, 6.07) is 3.98. The van der Waals surface area contributed by atoms with Crippen molar-refractivity contribution in [1.29, 1.82) is 0 Å². The van der Waals surface area contributed by atoms with Crippen LogP contribution in [0.1, 0.15) is 56.7 Å². The summed E-state index contributed by atoms with van der Waals surface area (Å²) >= 11 is 0. The molecule has 1 fully saturated rings. The lowest BCUT2D eigenvalue weighted by atomic mass is 9.77. The zero-order valence-electron chi connectivity index (χ0n) is 15.2. The lowest BCUT2D eigenvalue weighted by Crippen LogP contribution is -2.47. The Morgan fingerprint density at radius 1 is 1.28 bits per heavy atom. The van der Waals surface area contributed by atoms with E-state index >= 15 is 0 Å². The maximum atomic E-state index is 13.1. The molecule has 0 unspecified atom stereocenters. The van der Waals surface area contributed by atoms with E-state index in [4.69, 9.17) is 0 Å². The average Bonchev–Trinajstić information content (AvgIpc) is 2.67. The van der Waals surface area contributed by atoms with Crippen LogP contribution in [-0.4, -0.2) is 34.8 Å². The molecule has 5 heteroatoms. The second-order valence-corrected chi connectivity index (χ2v) is 7.26. The van der Waals surface area contributed by atoms with E-state index in [1.165, 1.54) is 0 Å². The van der Waals surface area contributed by atoms with Crippen molar-refractivity contribution in [2.75, 3.05) is 13.1 Å². The lowest BCUT2D eigenvalue weighted by molar-refractivity contribution is -0.144. The van der Waals surface area contributed by atoms with Crippen LogP contribution in [0.5, 0.6) is 0 Å². The largest absolute Gasteiger partial charge is 0.356 e. The molecule has 2 aliphatic rings. The molecule has 3 rings (SSSR count). The van der Waals surface area contributed by atoms with Crippen molar-refractivity contribution >= 4 is 11.8 Å². The highest BCUT2D eigenvalue weighted by Crippen LogP contribution is 2.33. The van der Waals surface area contributed by atoms with Crippen molar-refractivity contribution in [2.24, 2.45) is 11.8 Å². The first-order valence-corrected chi connectivity index (χ1v) is 9.70. The zero-order valence-corrected chi connectivity index (χ0v) is 15.2. The van der Waals surface area contributed by atoms with Crippen molar-refractivity contribution in [1.82, 2.24) is 15.2 Å². The Labute approximate surface area is 150 Å². The molecule has 1 aliphatic carbocycles. The first kappa shape index (κ1) is 17.9. The van der Waals surface area contributed by atoms with Crippen LogP contribution < -0.4 is 5.32 Å². The van der Waals surface area contributed by atoms with Gasteiger partial charge in [-0.2, -0.15) is 0 Å². The Hall–Kier alpha value is -1.91. The first-order chi connectivity index (χ1) is 12.2. The molecule has 136 valence electrons. The molecule has 0 saturated heterocycles. The summed E-state index contributed by atoms with van der Waals surface area (Å²) in [6.45, 7) is 4.17. The van der Waals surface area contributed by atoms with Crippen molar-refractivity contribution in [3.63, 3.8) is 0 Å². The average molecular weight is 343 g/mol. The minimum atomic E-state index is -0.159. The SMILES string of the molecule is CCCCNC(=O)[C@@H]1CCCC[C@@H]1C(=O)N1CCc2ncccc2C1. The van der Waals surface area contributed by atoms with Crippen LogP contribution in [0.4, 0.5) is 0 Å². The Bertz CT molecular complexity index is 617. The summed E-state index contributed by atoms with van der Waals surface area (Å²) in [7, 11) is 0. The van der Waals surface area contributed by atoms with Gasteiger partial charge in [-0.15, -0.1) is 0 Å². The van der Waals surface area contributed by atoms with Crippen molar-refractivity contribution in [3.8, 4) is 0 Å². The molecule has 1 aliphatic heterocycles. The Morgan fingerprint density at radius 2 is 2.08 bits per heavy atom. The fourth-order valence-corrected chi connectivity index (χ4v) is 4.05. The van der Waals surface area contributed by atoms with Gasteiger partial charge in [0.2, 0.25) is 11.8 Å². The van der Waals surface area contributed by atoms with Crippen LogP contribution in [0, 0.1) is 11.8 Å². The monoisotopic (exact) mass is 343 g/mol. The molecule has 1 aromatic heterocycles. The summed E-state index contributed by atoms with van der Waals surface area (Å²) in [5.41, 5.74) is 2.24. The van der Waals surface area contributed by atoms with Crippen LogP contribution >= 0.6 is 0 Å². The number of aromatic nitrogens is 1. The van der Waals surface area contributed by atoms with E-state index in [0.717, 1.165) is 62.7 Å². The molecule has 0 radical (unpaired) electrons. The third-order valence-electron chi connectivity index (χ3n) is 5.53. The lowest BCUT2D eigenvalue weighted by Gasteiger charge is -2.36. The maximum absolute atomic E-state index is 13.1. The molecule has 25 heavy (non-hydrogen) atoms. The third-order valence-corrected chi connectivity index (χ3v) is 5.53. The molecule has 2 atom stereocenters. The molecular weight excluding hydrogens is 314 g/mol. The molecule has 0 bridgehead atoms. The Morgan fingerprint density at radius 3 is 2.88 bits per heavy atom.